The highest BCUT2D eigenvalue weighted by Crippen LogP contribution is 2.36. The number of pyridine rings is 1. The van der Waals surface area contributed by atoms with Crippen molar-refractivity contribution in [2.45, 2.75) is 26.2 Å². The number of para-hydroxylation sites is 1. The Labute approximate surface area is 131 Å². The van der Waals surface area contributed by atoms with Crippen molar-refractivity contribution in [2.75, 3.05) is 0 Å². The van der Waals surface area contributed by atoms with Gasteiger partial charge in [0, 0.05) is 22.3 Å². The van der Waals surface area contributed by atoms with Gasteiger partial charge >= 0.3 is 5.69 Å². The van der Waals surface area contributed by atoms with Crippen LogP contribution >= 0.6 is 15.9 Å². The first-order chi connectivity index (χ1) is 9.79. The van der Waals surface area contributed by atoms with Gasteiger partial charge in [0.1, 0.15) is 5.75 Å². The zero-order valence-electron chi connectivity index (χ0n) is 12.0. The molecule has 21 heavy (non-hydrogen) atoms. The number of halogens is 1. The number of hydrogen-bond donors (Lipinski definition) is 0. The van der Waals surface area contributed by atoms with Crippen LogP contribution in [0.25, 0.3) is 0 Å². The topological polar surface area (TPSA) is 65.3 Å². The smallest absolute Gasteiger partial charge is 0.332 e. The summed E-state index contributed by atoms with van der Waals surface area (Å²) in [6.07, 6.45) is 1.47. The van der Waals surface area contributed by atoms with E-state index in [1.165, 1.54) is 12.3 Å². The summed E-state index contributed by atoms with van der Waals surface area (Å²) in [5.74, 6) is 0.558. The minimum atomic E-state index is -0.507. The van der Waals surface area contributed by atoms with E-state index in [1.807, 2.05) is 18.2 Å². The Kier molecular flexibility index (Phi) is 4.27. The van der Waals surface area contributed by atoms with Gasteiger partial charge in [-0.3, -0.25) is 10.1 Å². The molecule has 6 heteroatoms. The average Bonchev–Trinajstić information content (AvgIpc) is 2.40. The highest BCUT2D eigenvalue weighted by molar-refractivity contribution is 9.10. The summed E-state index contributed by atoms with van der Waals surface area (Å²) in [6, 6.07) is 8.85. The van der Waals surface area contributed by atoms with Gasteiger partial charge in [0.05, 0.1) is 4.92 Å². The number of rotatable bonds is 3. The molecule has 110 valence electrons. The van der Waals surface area contributed by atoms with E-state index in [1.54, 1.807) is 6.07 Å². The minimum Gasteiger partial charge on any atom is -0.433 e. The van der Waals surface area contributed by atoms with Crippen LogP contribution in [0.5, 0.6) is 11.6 Å². The van der Waals surface area contributed by atoms with Crippen molar-refractivity contribution in [1.82, 2.24) is 4.98 Å². The van der Waals surface area contributed by atoms with Gasteiger partial charge in [0.25, 0.3) is 5.88 Å². The molecule has 0 spiro atoms. The highest BCUT2D eigenvalue weighted by Gasteiger charge is 2.23. The van der Waals surface area contributed by atoms with Crippen LogP contribution in [0, 0.1) is 10.1 Å². The molecule has 1 heterocycles. The summed E-state index contributed by atoms with van der Waals surface area (Å²) >= 11 is 3.17. The molecule has 5 nitrogen and oxygen atoms in total. The van der Waals surface area contributed by atoms with Crippen LogP contribution in [0.15, 0.2) is 41.0 Å². The van der Waals surface area contributed by atoms with E-state index in [9.17, 15) is 10.1 Å². The zero-order chi connectivity index (χ0) is 15.6. The maximum atomic E-state index is 11.1. The first kappa shape index (κ1) is 15.4. The van der Waals surface area contributed by atoms with Crippen molar-refractivity contribution in [2.24, 2.45) is 0 Å². The van der Waals surface area contributed by atoms with E-state index >= 15 is 0 Å². The largest absolute Gasteiger partial charge is 0.433 e. The second-order valence-corrected chi connectivity index (χ2v) is 6.50. The normalized spacial score (nSPS) is 11.2. The van der Waals surface area contributed by atoms with Crippen LogP contribution in [0.1, 0.15) is 26.3 Å². The second kappa shape index (κ2) is 5.81. The molecule has 2 aromatic rings. The Morgan fingerprint density at radius 2 is 1.95 bits per heavy atom. The summed E-state index contributed by atoms with van der Waals surface area (Å²) in [6.45, 7) is 6.16. The highest BCUT2D eigenvalue weighted by atomic mass is 79.9. The Balaban J connectivity index is 2.47. The zero-order valence-corrected chi connectivity index (χ0v) is 13.5. The van der Waals surface area contributed by atoms with Crippen molar-refractivity contribution < 1.29 is 9.66 Å². The SMILES string of the molecule is CC(C)(C)c1ccccc1Oc1ncc(Br)cc1[N+](=O)[O-]. The van der Waals surface area contributed by atoms with Gasteiger partial charge in [-0.15, -0.1) is 0 Å². The van der Waals surface area contributed by atoms with Crippen LogP contribution in [0.2, 0.25) is 0 Å². The van der Waals surface area contributed by atoms with E-state index in [2.05, 4.69) is 41.7 Å². The van der Waals surface area contributed by atoms with Gasteiger partial charge in [-0.25, -0.2) is 4.98 Å². The number of nitrogens with zero attached hydrogens (tertiary/aromatic N) is 2. The molecule has 0 radical (unpaired) electrons. The molecule has 0 saturated carbocycles. The van der Waals surface area contributed by atoms with Gasteiger partial charge < -0.3 is 4.74 Å². The van der Waals surface area contributed by atoms with Gasteiger partial charge in [-0.05, 0) is 27.4 Å². The Morgan fingerprint density at radius 3 is 2.57 bits per heavy atom. The first-order valence-electron chi connectivity index (χ1n) is 6.36. The van der Waals surface area contributed by atoms with Gasteiger partial charge in [-0.2, -0.15) is 0 Å². The average molecular weight is 351 g/mol. The third kappa shape index (κ3) is 3.58. The lowest BCUT2D eigenvalue weighted by Gasteiger charge is -2.22. The fourth-order valence-corrected chi connectivity index (χ4v) is 2.22. The summed E-state index contributed by atoms with van der Waals surface area (Å²) in [4.78, 5) is 14.6. The molecule has 0 bridgehead atoms. The minimum absolute atomic E-state index is 0.0140. The summed E-state index contributed by atoms with van der Waals surface area (Å²) in [5.41, 5.74) is 0.651. The monoisotopic (exact) mass is 350 g/mol. The van der Waals surface area contributed by atoms with Gasteiger partial charge in [0.15, 0.2) is 0 Å². The number of benzene rings is 1. The number of aromatic nitrogens is 1. The van der Waals surface area contributed by atoms with E-state index in [0.29, 0.717) is 10.2 Å². The van der Waals surface area contributed by atoms with E-state index in [0.717, 1.165) is 5.56 Å². The fraction of sp³-hybridized carbons (Fsp3) is 0.267. The molecule has 0 amide bonds. The van der Waals surface area contributed by atoms with Crippen LogP contribution in [0.3, 0.4) is 0 Å². The third-order valence-electron chi connectivity index (χ3n) is 2.90. The molecule has 0 fully saturated rings. The molecule has 1 aromatic heterocycles. The van der Waals surface area contributed by atoms with Crippen LogP contribution in [0.4, 0.5) is 5.69 Å². The Hall–Kier alpha value is -1.95. The number of hydrogen-bond acceptors (Lipinski definition) is 4. The molecular formula is C15H15BrN2O3. The lowest BCUT2D eigenvalue weighted by Crippen LogP contribution is -2.12. The fourth-order valence-electron chi connectivity index (χ4n) is 1.90. The maximum absolute atomic E-state index is 11.1. The summed E-state index contributed by atoms with van der Waals surface area (Å²) in [5, 5.41) is 11.1. The molecule has 0 N–H and O–H groups in total. The van der Waals surface area contributed by atoms with Crippen molar-refractivity contribution in [3.8, 4) is 11.6 Å². The quantitative estimate of drug-likeness (QED) is 0.586. The number of ether oxygens (including phenoxy) is 1. The molecule has 0 atom stereocenters. The molecular weight excluding hydrogens is 336 g/mol. The molecule has 0 saturated heterocycles. The van der Waals surface area contributed by atoms with E-state index in [4.69, 9.17) is 4.74 Å². The van der Waals surface area contributed by atoms with Gasteiger partial charge in [-0.1, -0.05) is 39.0 Å². The third-order valence-corrected chi connectivity index (χ3v) is 3.33. The van der Waals surface area contributed by atoms with Crippen molar-refractivity contribution in [3.63, 3.8) is 0 Å². The molecule has 1 aromatic carbocycles. The first-order valence-corrected chi connectivity index (χ1v) is 7.15. The predicted octanol–water partition coefficient (Wildman–Crippen LogP) is 4.84. The predicted molar refractivity (Wildman–Crippen MR) is 83.8 cm³/mol. The molecule has 0 aliphatic heterocycles. The van der Waals surface area contributed by atoms with E-state index in [-0.39, 0.29) is 17.0 Å². The van der Waals surface area contributed by atoms with E-state index < -0.39 is 4.92 Å². The number of nitro groups is 1. The van der Waals surface area contributed by atoms with Crippen LogP contribution < -0.4 is 4.74 Å². The molecule has 0 aliphatic rings. The maximum Gasteiger partial charge on any atom is 0.332 e. The molecule has 0 aliphatic carbocycles. The standard InChI is InChI=1S/C15H15BrN2O3/c1-15(2,3)11-6-4-5-7-13(11)21-14-12(18(19)20)8-10(16)9-17-14/h4-9H,1-3H3. The molecule has 0 unspecified atom stereocenters. The van der Waals surface area contributed by atoms with Crippen LogP contribution in [-0.4, -0.2) is 9.91 Å². The Bertz CT molecular complexity index is 681. The molecule has 2 rings (SSSR count). The lowest BCUT2D eigenvalue weighted by atomic mass is 9.86. The van der Waals surface area contributed by atoms with Crippen molar-refractivity contribution >= 4 is 21.6 Å². The van der Waals surface area contributed by atoms with Gasteiger partial charge in [0.2, 0.25) is 0 Å². The van der Waals surface area contributed by atoms with Crippen molar-refractivity contribution in [3.05, 3.63) is 56.7 Å². The lowest BCUT2D eigenvalue weighted by molar-refractivity contribution is -0.386. The Morgan fingerprint density at radius 1 is 1.29 bits per heavy atom. The van der Waals surface area contributed by atoms with Crippen LogP contribution in [-0.2, 0) is 5.41 Å². The summed E-state index contributed by atoms with van der Waals surface area (Å²) in [7, 11) is 0. The summed E-state index contributed by atoms with van der Waals surface area (Å²) < 4.78 is 6.24. The second-order valence-electron chi connectivity index (χ2n) is 5.58. The van der Waals surface area contributed by atoms with Crippen molar-refractivity contribution in [1.29, 1.82) is 0 Å².